The van der Waals surface area contributed by atoms with Crippen LogP contribution in [0.2, 0.25) is 0 Å². The first-order chi connectivity index (χ1) is 16.9. The zero-order valence-electron chi connectivity index (χ0n) is 19.4. The van der Waals surface area contributed by atoms with Crippen LogP contribution in [0.5, 0.6) is 0 Å². The Labute approximate surface area is 212 Å². The van der Waals surface area contributed by atoms with Gasteiger partial charge in [-0.05, 0) is 86.2 Å². The van der Waals surface area contributed by atoms with Crippen LogP contribution >= 0.6 is 23.1 Å². The Kier molecular flexibility index (Phi) is 6.10. The minimum absolute atomic E-state index is 0.0665. The summed E-state index contributed by atoms with van der Waals surface area (Å²) in [5.41, 5.74) is 5.79. The van der Waals surface area contributed by atoms with E-state index in [1.165, 1.54) is 15.3 Å². The minimum atomic E-state index is -0.359. The minimum Gasteiger partial charge on any atom is -0.308 e. The molecule has 3 heterocycles. The van der Waals surface area contributed by atoms with Crippen molar-refractivity contribution in [1.82, 2.24) is 9.47 Å². The molecule has 0 unspecified atom stereocenters. The predicted molar refractivity (Wildman–Crippen MR) is 137 cm³/mol. The number of nitriles is 2. The van der Waals surface area contributed by atoms with Crippen LogP contribution in [0.3, 0.4) is 0 Å². The molecule has 0 spiro atoms. The Balaban J connectivity index is 1.48. The number of carbonyl (C=O) groups excluding carboxylic acids is 2. The molecule has 2 aromatic heterocycles. The van der Waals surface area contributed by atoms with Gasteiger partial charge in [-0.1, -0.05) is 18.2 Å². The normalized spacial score (nSPS) is 16.5. The fourth-order valence-corrected chi connectivity index (χ4v) is 7.07. The number of carbonyl (C=O) groups is 2. The lowest BCUT2D eigenvalue weighted by Crippen LogP contribution is -2.27. The largest absolute Gasteiger partial charge is 0.308 e. The van der Waals surface area contributed by atoms with Crippen molar-refractivity contribution in [2.45, 2.75) is 46.1 Å². The van der Waals surface area contributed by atoms with Gasteiger partial charge in [0, 0.05) is 16.3 Å². The van der Waals surface area contributed by atoms with E-state index in [9.17, 15) is 20.1 Å². The summed E-state index contributed by atoms with van der Waals surface area (Å²) in [7, 11) is 0. The molecule has 0 saturated carbocycles. The molecule has 0 N–H and O–H groups in total. The second kappa shape index (κ2) is 9.22. The van der Waals surface area contributed by atoms with Gasteiger partial charge in [0.15, 0.2) is 0 Å². The molecule has 0 bridgehead atoms. The van der Waals surface area contributed by atoms with Crippen molar-refractivity contribution < 1.29 is 9.59 Å². The van der Waals surface area contributed by atoms with Gasteiger partial charge in [-0.3, -0.25) is 14.5 Å². The fourth-order valence-electron chi connectivity index (χ4n) is 4.79. The van der Waals surface area contributed by atoms with Crippen molar-refractivity contribution in [2.24, 2.45) is 0 Å². The van der Waals surface area contributed by atoms with Gasteiger partial charge >= 0.3 is 0 Å². The molecule has 2 aliphatic rings. The molecule has 6 nitrogen and oxygen atoms in total. The van der Waals surface area contributed by atoms with E-state index in [1.54, 1.807) is 41.7 Å². The number of hydrogen-bond acceptors (Lipinski definition) is 6. The van der Waals surface area contributed by atoms with Crippen LogP contribution in [0, 0.1) is 36.5 Å². The lowest BCUT2D eigenvalue weighted by atomic mass is 9.96. The highest BCUT2D eigenvalue weighted by atomic mass is 32.2. The number of hydrogen-bond donors (Lipinski definition) is 0. The number of thiophene rings is 1. The molecule has 1 aromatic carbocycles. The van der Waals surface area contributed by atoms with Gasteiger partial charge in [0.1, 0.15) is 11.1 Å². The molecular weight excluding hydrogens is 476 g/mol. The lowest BCUT2D eigenvalue weighted by Gasteiger charge is -2.13. The predicted octanol–water partition coefficient (Wildman–Crippen LogP) is 6.01. The Morgan fingerprint density at radius 1 is 1.09 bits per heavy atom. The smallest absolute Gasteiger partial charge is 0.293 e. The van der Waals surface area contributed by atoms with Crippen LogP contribution in [0.1, 0.15) is 56.9 Å². The SMILES string of the molecule is Cc1cc(C=C2SC(=O)N(Cc3ccccc3C#N)C2=O)c(C)n1-c1sc2c(c1C#N)CCCC2. The molecule has 1 fully saturated rings. The summed E-state index contributed by atoms with van der Waals surface area (Å²) in [5, 5.41) is 19.8. The highest BCUT2D eigenvalue weighted by Crippen LogP contribution is 2.39. The van der Waals surface area contributed by atoms with E-state index in [1.807, 2.05) is 19.9 Å². The number of amides is 2. The van der Waals surface area contributed by atoms with Gasteiger partial charge in [-0.25, -0.2) is 0 Å². The van der Waals surface area contributed by atoms with Crippen LogP contribution < -0.4 is 0 Å². The maximum absolute atomic E-state index is 13.1. The van der Waals surface area contributed by atoms with Gasteiger partial charge in [-0.15, -0.1) is 11.3 Å². The van der Waals surface area contributed by atoms with E-state index in [-0.39, 0.29) is 17.7 Å². The summed E-state index contributed by atoms with van der Waals surface area (Å²) in [6, 6.07) is 13.5. The maximum Gasteiger partial charge on any atom is 0.293 e. The third-order valence-electron chi connectivity index (χ3n) is 6.56. The van der Waals surface area contributed by atoms with Crippen molar-refractivity contribution in [2.75, 3.05) is 0 Å². The summed E-state index contributed by atoms with van der Waals surface area (Å²) < 4.78 is 2.10. The van der Waals surface area contributed by atoms with Crippen molar-refractivity contribution >= 4 is 40.3 Å². The zero-order chi connectivity index (χ0) is 24.7. The van der Waals surface area contributed by atoms with E-state index < -0.39 is 0 Å². The van der Waals surface area contributed by atoms with Crippen molar-refractivity contribution in [3.63, 3.8) is 0 Å². The topological polar surface area (TPSA) is 89.9 Å². The van der Waals surface area contributed by atoms with E-state index in [4.69, 9.17) is 0 Å². The quantitative estimate of drug-likeness (QED) is 0.411. The molecule has 2 amide bonds. The van der Waals surface area contributed by atoms with Gasteiger partial charge in [0.2, 0.25) is 0 Å². The van der Waals surface area contributed by atoms with Crippen LogP contribution in [-0.2, 0) is 24.2 Å². The molecule has 0 atom stereocenters. The van der Waals surface area contributed by atoms with Gasteiger partial charge in [0.25, 0.3) is 11.1 Å². The van der Waals surface area contributed by atoms with Crippen LogP contribution in [-0.4, -0.2) is 20.6 Å². The maximum atomic E-state index is 13.1. The number of thioether (sulfide) groups is 1. The molecular formula is C27H22N4O2S2. The average molecular weight is 499 g/mol. The molecule has 5 rings (SSSR count). The second-order valence-electron chi connectivity index (χ2n) is 8.70. The fraction of sp³-hybridized carbons (Fsp3) is 0.259. The Morgan fingerprint density at radius 3 is 2.63 bits per heavy atom. The number of fused-ring (bicyclic) bond motifs is 1. The second-order valence-corrected chi connectivity index (χ2v) is 10.8. The number of aromatic nitrogens is 1. The number of benzene rings is 1. The van der Waals surface area contributed by atoms with E-state index in [2.05, 4.69) is 16.7 Å². The third kappa shape index (κ3) is 3.99. The van der Waals surface area contributed by atoms with Gasteiger partial charge in [-0.2, -0.15) is 10.5 Å². The highest BCUT2D eigenvalue weighted by Gasteiger charge is 2.35. The molecule has 1 saturated heterocycles. The first-order valence-electron chi connectivity index (χ1n) is 11.4. The van der Waals surface area contributed by atoms with E-state index in [0.717, 1.165) is 65.0 Å². The summed E-state index contributed by atoms with van der Waals surface area (Å²) in [6.07, 6.45) is 5.99. The van der Waals surface area contributed by atoms with Gasteiger partial charge < -0.3 is 4.57 Å². The first-order valence-corrected chi connectivity index (χ1v) is 13.0. The lowest BCUT2D eigenvalue weighted by molar-refractivity contribution is -0.123. The number of rotatable bonds is 4. The third-order valence-corrected chi connectivity index (χ3v) is 8.75. The van der Waals surface area contributed by atoms with Gasteiger partial charge in [0.05, 0.1) is 28.6 Å². The Morgan fingerprint density at radius 2 is 1.86 bits per heavy atom. The Bertz CT molecular complexity index is 1500. The number of nitrogens with zero attached hydrogens (tertiary/aromatic N) is 4. The van der Waals surface area contributed by atoms with E-state index >= 15 is 0 Å². The summed E-state index contributed by atoms with van der Waals surface area (Å²) in [4.78, 5) is 28.6. The van der Waals surface area contributed by atoms with Crippen LogP contribution in [0.4, 0.5) is 4.79 Å². The summed E-state index contributed by atoms with van der Waals surface area (Å²) in [6.45, 7) is 4.04. The monoisotopic (exact) mass is 498 g/mol. The molecule has 8 heteroatoms. The zero-order valence-corrected chi connectivity index (χ0v) is 21.1. The summed E-state index contributed by atoms with van der Waals surface area (Å²) in [5.74, 6) is -0.359. The molecule has 3 aromatic rings. The standard InChI is InChI=1S/C27H22N4O2S2/c1-16-11-20(17(2)31(16)26-22(14-29)21-9-5-6-10-23(21)34-26)12-24-25(32)30(27(33)35-24)15-19-8-4-3-7-18(19)13-28/h3-4,7-8,11-12H,5-6,9-10,15H2,1-2H3. The molecule has 35 heavy (non-hydrogen) atoms. The number of aryl methyl sites for hydroxylation is 2. The van der Waals surface area contributed by atoms with Crippen LogP contribution in [0.25, 0.3) is 11.1 Å². The number of imide groups is 1. The van der Waals surface area contributed by atoms with Crippen molar-refractivity contribution in [3.05, 3.63) is 79.3 Å². The van der Waals surface area contributed by atoms with E-state index in [0.29, 0.717) is 16.0 Å². The highest BCUT2D eigenvalue weighted by molar-refractivity contribution is 8.18. The average Bonchev–Trinajstić information content (AvgIpc) is 3.45. The Hall–Kier alpha value is -3.59. The summed E-state index contributed by atoms with van der Waals surface area (Å²) >= 11 is 2.60. The first kappa shape index (κ1) is 23.2. The molecule has 0 radical (unpaired) electrons. The molecule has 174 valence electrons. The van der Waals surface area contributed by atoms with Crippen molar-refractivity contribution in [3.8, 4) is 17.1 Å². The van der Waals surface area contributed by atoms with Crippen LogP contribution in [0.15, 0.2) is 35.2 Å². The van der Waals surface area contributed by atoms with Crippen molar-refractivity contribution in [1.29, 1.82) is 10.5 Å². The molecule has 1 aliphatic carbocycles. The molecule has 1 aliphatic heterocycles.